The molecule has 1 unspecified atom stereocenters. The van der Waals surface area contributed by atoms with E-state index in [2.05, 4.69) is 17.0 Å². The second kappa shape index (κ2) is 7.59. The Morgan fingerprint density at radius 3 is 2.57 bits per heavy atom. The minimum absolute atomic E-state index is 0.120. The molecule has 0 saturated carbocycles. The quantitative estimate of drug-likeness (QED) is 0.673. The summed E-state index contributed by atoms with van der Waals surface area (Å²) in [6, 6.07) is 0. The number of nitrogens with one attached hydrogen (secondary N) is 1. The number of carbonyl (C=O) groups excluding carboxylic acids is 3. The largest absolute Gasteiger partial charge is 0.462 e. The SMILES string of the molecule is CCOC(=O)C(=O)Nc1sc2c(c1C(=O)OCC)CCC(C)C2. The summed E-state index contributed by atoms with van der Waals surface area (Å²) in [6.45, 7) is 5.89. The van der Waals surface area contributed by atoms with Gasteiger partial charge in [-0.3, -0.25) is 4.79 Å². The molecule has 126 valence electrons. The van der Waals surface area contributed by atoms with Gasteiger partial charge in [-0.1, -0.05) is 6.92 Å². The van der Waals surface area contributed by atoms with Crippen molar-refractivity contribution in [1.82, 2.24) is 0 Å². The van der Waals surface area contributed by atoms with Crippen LogP contribution in [0.15, 0.2) is 0 Å². The number of hydrogen-bond donors (Lipinski definition) is 1. The summed E-state index contributed by atoms with van der Waals surface area (Å²) in [5.41, 5.74) is 1.32. The second-order valence-electron chi connectivity index (χ2n) is 5.45. The summed E-state index contributed by atoms with van der Waals surface area (Å²) in [4.78, 5) is 36.7. The fraction of sp³-hybridized carbons (Fsp3) is 0.562. The zero-order chi connectivity index (χ0) is 17.0. The van der Waals surface area contributed by atoms with Crippen molar-refractivity contribution in [3.63, 3.8) is 0 Å². The summed E-state index contributed by atoms with van der Waals surface area (Å²) in [5, 5.41) is 2.89. The topological polar surface area (TPSA) is 81.7 Å². The molecule has 23 heavy (non-hydrogen) atoms. The number of amides is 1. The van der Waals surface area contributed by atoms with Crippen molar-refractivity contribution in [3.05, 3.63) is 16.0 Å². The van der Waals surface area contributed by atoms with Gasteiger partial charge in [0.1, 0.15) is 5.00 Å². The molecule has 0 bridgehead atoms. The van der Waals surface area contributed by atoms with E-state index in [1.54, 1.807) is 13.8 Å². The third kappa shape index (κ3) is 3.90. The van der Waals surface area contributed by atoms with Crippen molar-refractivity contribution in [2.24, 2.45) is 5.92 Å². The van der Waals surface area contributed by atoms with Crippen LogP contribution in [0.3, 0.4) is 0 Å². The molecule has 1 aliphatic rings. The van der Waals surface area contributed by atoms with Gasteiger partial charge in [-0.25, -0.2) is 9.59 Å². The normalized spacial score (nSPS) is 16.4. The molecule has 1 aliphatic carbocycles. The van der Waals surface area contributed by atoms with Crippen LogP contribution in [0.5, 0.6) is 0 Å². The molecule has 0 spiro atoms. The highest BCUT2D eigenvalue weighted by molar-refractivity contribution is 7.17. The third-order valence-electron chi connectivity index (χ3n) is 3.68. The number of hydrogen-bond acceptors (Lipinski definition) is 6. The van der Waals surface area contributed by atoms with Gasteiger partial charge >= 0.3 is 17.8 Å². The molecule has 0 aromatic carbocycles. The Hall–Kier alpha value is -1.89. The lowest BCUT2D eigenvalue weighted by atomic mass is 9.88. The minimum atomic E-state index is -0.956. The van der Waals surface area contributed by atoms with E-state index in [1.165, 1.54) is 11.3 Å². The lowest BCUT2D eigenvalue weighted by Crippen LogP contribution is -2.25. The van der Waals surface area contributed by atoms with E-state index < -0.39 is 17.8 Å². The molecule has 1 N–H and O–H groups in total. The molecule has 1 aromatic heterocycles. The molecule has 0 aliphatic heterocycles. The highest BCUT2D eigenvalue weighted by atomic mass is 32.1. The van der Waals surface area contributed by atoms with Gasteiger partial charge in [0, 0.05) is 4.88 Å². The van der Waals surface area contributed by atoms with E-state index in [9.17, 15) is 14.4 Å². The van der Waals surface area contributed by atoms with E-state index in [4.69, 9.17) is 4.74 Å². The lowest BCUT2D eigenvalue weighted by molar-refractivity contribution is -0.152. The number of esters is 2. The highest BCUT2D eigenvalue weighted by Gasteiger charge is 2.30. The van der Waals surface area contributed by atoms with Gasteiger partial charge in [-0.15, -0.1) is 11.3 Å². The molecule has 1 heterocycles. The van der Waals surface area contributed by atoms with Gasteiger partial charge in [-0.05, 0) is 44.6 Å². The molecule has 1 amide bonds. The van der Waals surface area contributed by atoms with Crippen molar-refractivity contribution in [2.45, 2.75) is 40.0 Å². The van der Waals surface area contributed by atoms with Gasteiger partial charge in [0.15, 0.2) is 0 Å². The fourth-order valence-corrected chi connectivity index (χ4v) is 4.00. The van der Waals surface area contributed by atoms with Gasteiger partial charge < -0.3 is 14.8 Å². The Balaban J connectivity index is 2.32. The van der Waals surface area contributed by atoms with Gasteiger partial charge in [0.2, 0.25) is 0 Å². The maximum absolute atomic E-state index is 12.3. The average molecular weight is 339 g/mol. The fourth-order valence-electron chi connectivity index (χ4n) is 2.61. The summed E-state index contributed by atoms with van der Waals surface area (Å²) < 4.78 is 9.79. The van der Waals surface area contributed by atoms with Gasteiger partial charge in [0.05, 0.1) is 18.8 Å². The van der Waals surface area contributed by atoms with E-state index in [0.29, 0.717) is 16.5 Å². The van der Waals surface area contributed by atoms with Gasteiger partial charge in [0.25, 0.3) is 0 Å². The first kappa shape index (κ1) is 17.5. The Morgan fingerprint density at radius 2 is 1.91 bits per heavy atom. The van der Waals surface area contributed by atoms with Crippen LogP contribution in [-0.4, -0.2) is 31.1 Å². The van der Waals surface area contributed by atoms with E-state index in [1.807, 2.05) is 0 Å². The predicted molar refractivity (Wildman–Crippen MR) is 86.7 cm³/mol. The maximum atomic E-state index is 12.3. The monoisotopic (exact) mass is 339 g/mol. The number of ether oxygens (including phenoxy) is 2. The molecule has 6 nitrogen and oxygen atoms in total. The molecular formula is C16H21NO5S. The first-order valence-corrected chi connectivity index (χ1v) is 8.59. The number of carbonyl (C=O) groups is 3. The van der Waals surface area contributed by atoms with Crippen LogP contribution in [0.1, 0.15) is 48.0 Å². The molecule has 0 fully saturated rings. The zero-order valence-corrected chi connectivity index (χ0v) is 14.4. The van der Waals surface area contributed by atoms with E-state index in [0.717, 1.165) is 29.7 Å². The molecular weight excluding hydrogens is 318 g/mol. The molecule has 7 heteroatoms. The molecule has 0 saturated heterocycles. The molecule has 1 aromatic rings. The van der Waals surface area contributed by atoms with Crippen LogP contribution in [0.25, 0.3) is 0 Å². The van der Waals surface area contributed by atoms with Crippen molar-refractivity contribution in [3.8, 4) is 0 Å². The van der Waals surface area contributed by atoms with Crippen LogP contribution in [0.4, 0.5) is 5.00 Å². The Labute approximate surface area is 139 Å². The van der Waals surface area contributed by atoms with Crippen LogP contribution in [0.2, 0.25) is 0 Å². The van der Waals surface area contributed by atoms with Crippen LogP contribution in [-0.2, 0) is 31.9 Å². The Bertz CT molecular complexity index is 622. The number of fused-ring (bicyclic) bond motifs is 1. The smallest absolute Gasteiger partial charge is 0.397 e. The maximum Gasteiger partial charge on any atom is 0.397 e. The first-order valence-electron chi connectivity index (χ1n) is 7.77. The molecule has 2 rings (SSSR count). The lowest BCUT2D eigenvalue weighted by Gasteiger charge is -2.18. The summed E-state index contributed by atoms with van der Waals surface area (Å²) >= 11 is 1.34. The van der Waals surface area contributed by atoms with Crippen LogP contribution >= 0.6 is 11.3 Å². The van der Waals surface area contributed by atoms with Crippen LogP contribution < -0.4 is 5.32 Å². The second-order valence-corrected chi connectivity index (χ2v) is 6.56. The standard InChI is InChI=1S/C16H21NO5S/c1-4-21-15(19)12-10-7-6-9(3)8-11(10)23-14(12)17-13(18)16(20)22-5-2/h9H,4-8H2,1-3H3,(H,17,18). The number of anilines is 1. The van der Waals surface area contributed by atoms with Crippen molar-refractivity contribution < 1.29 is 23.9 Å². The van der Waals surface area contributed by atoms with Crippen molar-refractivity contribution >= 4 is 34.2 Å². The van der Waals surface area contributed by atoms with Crippen molar-refractivity contribution in [2.75, 3.05) is 18.5 Å². The van der Waals surface area contributed by atoms with Crippen LogP contribution in [0, 0.1) is 5.92 Å². The number of rotatable bonds is 4. The van der Waals surface area contributed by atoms with E-state index in [-0.39, 0.29) is 13.2 Å². The molecule has 1 atom stereocenters. The number of thiophene rings is 1. The first-order chi connectivity index (χ1) is 11.0. The van der Waals surface area contributed by atoms with E-state index >= 15 is 0 Å². The average Bonchev–Trinajstić information content (AvgIpc) is 2.84. The summed E-state index contributed by atoms with van der Waals surface area (Å²) in [6.07, 6.45) is 2.62. The highest BCUT2D eigenvalue weighted by Crippen LogP contribution is 2.40. The Morgan fingerprint density at radius 1 is 1.22 bits per heavy atom. The van der Waals surface area contributed by atoms with Crippen molar-refractivity contribution in [1.29, 1.82) is 0 Å². The minimum Gasteiger partial charge on any atom is -0.462 e. The third-order valence-corrected chi connectivity index (χ3v) is 4.85. The zero-order valence-electron chi connectivity index (χ0n) is 13.6. The van der Waals surface area contributed by atoms with Gasteiger partial charge in [-0.2, -0.15) is 0 Å². The predicted octanol–water partition coefficient (Wildman–Crippen LogP) is 2.55. The summed E-state index contributed by atoms with van der Waals surface area (Å²) in [5.74, 6) is -1.75. The Kier molecular flexibility index (Phi) is 5.76. The molecule has 0 radical (unpaired) electrons. The summed E-state index contributed by atoms with van der Waals surface area (Å²) in [7, 11) is 0.